The van der Waals surface area contributed by atoms with Crippen LogP contribution in [0.5, 0.6) is 0 Å². The van der Waals surface area contributed by atoms with Crippen LogP contribution in [0.15, 0.2) is 29.4 Å². The Balaban J connectivity index is 1.95. The van der Waals surface area contributed by atoms with Crippen LogP contribution in [0.4, 0.5) is 5.69 Å². The molecule has 2 rings (SSSR count). The molecule has 6 nitrogen and oxygen atoms in total. The average Bonchev–Trinajstić information content (AvgIpc) is 2.84. The Kier molecular flexibility index (Phi) is 5.20. The van der Waals surface area contributed by atoms with Gasteiger partial charge in [-0.15, -0.1) is 5.10 Å². The molecule has 1 aromatic heterocycles. The van der Waals surface area contributed by atoms with Gasteiger partial charge in [-0.05, 0) is 72.0 Å². The summed E-state index contributed by atoms with van der Waals surface area (Å²) in [5, 5.41) is 15.1. The minimum atomic E-state index is -0.210. The van der Waals surface area contributed by atoms with Crippen molar-refractivity contribution >= 4 is 45.9 Å². The van der Waals surface area contributed by atoms with Gasteiger partial charge >= 0.3 is 0 Å². The summed E-state index contributed by atoms with van der Waals surface area (Å²) in [5.74, 6) is 0.188. The summed E-state index contributed by atoms with van der Waals surface area (Å²) in [5.41, 5.74) is 0.584. The molecular weight excluding hydrogens is 401 g/mol. The van der Waals surface area contributed by atoms with Crippen LogP contribution in [-0.4, -0.2) is 31.9 Å². The second-order valence-electron chi connectivity index (χ2n) is 5.39. The van der Waals surface area contributed by atoms with E-state index in [9.17, 15) is 4.79 Å². The number of nitrogens with zero attached hydrogens (tertiary/aromatic N) is 4. The molecule has 0 radical (unpaired) electrons. The molecule has 1 amide bonds. The van der Waals surface area contributed by atoms with E-state index in [1.54, 1.807) is 4.68 Å². The molecule has 1 heterocycles. The summed E-state index contributed by atoms with van der Waals surface area (Å²) < 4.78 is 2.80. The highest BCUT2D eigenvalue weighted by Gasteiger charge is 2.20. The number of benzene rings is 1. The lowest BCUT2D eigenvalue weighted by Crippen LogP contribution is -2.24. The van der Waals surface area contributed by atoms with Gasteiger partial charge in [-0.2, -0.15) is 0 Å². The van der Waals surface area contributed by atoms with Crippen LogP contribution in [0.2, 0.25) is 0 Å². The van der Waals surface area contributed by atoms with Crippen LogP contribution in [0.3, 0.4) is 0 Å². The quantitative estimate of drug-likeness (QED) is 0.612. The molecule has 8 heteroatoms. The maximum Gasteiger partial charge on any atom is 0.234 e. The van der Waals surface area contributed by atoms with E-state index in [0.717, 1.165) is 9.26 Å². The highest BCUT2D eigenvalue weighted by molar-refractivity contribution is 14.1. The lowest BCUT2D eigenvalue weighted by Gasteiger charge is -2.19. The van der Waals surface area contributed by atoms with Crippen molar-refractivity contribution in [3.63, 3.8) is 0 Å². The summed E-state index contributed by atoms with van der Waals surface area (Å²) in [6.07, 6.45) is 0. The molecule has 0 fully saturated rings. The zero-order valence-electron chi connectivity index (χ0n) is 12.0. The Bertz CT molecular complexity index is 637. The molecule has 1 N–H and O–H groups in total. The van der Waals surface area contributed by atoms with E-state index in [-0.39, 0.29) is 17.2 Å². The third-order valence-corrected chi connectivity index (χ3v) is 4.11. The molecule has 2 aromatic rings. The van der Waals surface area contributed by atoms with Crippen LogP contribution in [0.25, 0.3) is 0 Å². The van der Waals surface area contributed by atoms with E-state index in [1.807, 2.05) is 45.0 Å². The second-order valence-corrected chi connectivity index (χ2v) is 7.58. The largest absolute Gasteiger partial charge is 0.325 e. The first-order valence-corrected chi connectivity index (χ1v) is 8.40. The Labute approximate surface area is 141 Å². The Morgan fingerprint density at radius 3 is 2.86 bits per heavy atom. The average molecular weight is 417 g/mol. The Morgan fingerprint density at radius 2 is 2.19 bits per heavy atom. The van der Waals surface area contributed by atoms with E-state index in [0.29, 0.717) is 5.16 Å². The third kappa shape index (κ3) is 4.67. The van der Waals surface area contributed by atoms with Gasteiger partial charge in [0.15, 0.2) is 0 Å². The third-order valence-electron chi connectivity index (χ3n) is 2.52. The van der Waals surface area contributed by atoms with Crippen molar-refractivity contribution in [3.8, 4) is 0 Å². The van der Waals surface area contributed by atoms with E-state index in [4.69, 9.17) is 0 Å². The topological polar surface area (TPSA) is 72.7 Å². The zero-order valence-corrected chi connectivity index (χ0v) is 15.0. The molecule has 0 saturated heterocycles. The summed E-state index contributed by atoms with van der Waals surface area (Å²) in [4.78, 5) is 12.0. The number of aromatic nitrogens is 4. The fraction of sp³-hybridized carbons (Fsp3) is 0.385. The van der Waals surface area contributed by atoms with Gasteiger partial charge in [0, 0.05) is 9.26 Å². The van der Waals surface area contributed by atoms with Crippen molar-refractivity contribution in [3.05, 3.63) is 27.8 Å². The summed E-state index contributed by atoms with van der Waals surface area (Å²) in [6.45, 7) is 6.04. The SMILES string of the molecule is CC(C)(C)n1nnnc1SCC(=O)Nc1cccc(I)c1. The number of halogens is 1. The van der Waals surface area contributed by atoms with Gasteiger partial charge in [0.05, 0.1) is 11.3 Å². The van der Waals surface area contributed by atoms with Crippen LogP contribution in [0.1, 0.15) is 20.8 Å². The van der Waals surface area contributed by atoms with Gasteiger partial charge in [0.1, 0.15) is 0 Å². The number of nitrogens with one attached hydrogen (secondary N) is 1. The molecule has 0 aliphatic heterocycles. The first-order valence-electron chi connectivity index (χ1n) is 6.33. The summed E-state index contributed by atoms with van der Waals surface area (Å²) in [6, 6.07) is 7.67. The minimum absolute atomic E-state index is 0.0783. The number of tetrazole rings is 1. The number of thioether (sulfide) groups is 1. The summed E-state index contributed by atoms with van der Waals surface area (Å²) >= 11 is 3.53. The van der Waals surface area contributed by atoms with Gasteiger partial charge in [-0.25, -0.2) is 4.68 Å². The zero-order chi connectivity index (χ0) is 15.5. The fourth-order valence-corrected chi connectivity index (χ4v) is 2.99. The maximum atomic E-state index is 12.0. The van der Waals surface area contributed by atoms with Gasteiger partial charge < -0.3 is 5.32 Å². The minimum Gasteiger partial charge on any atom is -0.325 e. The molecule has 1 aromatic carbocycles. The number of carbonyl (C=O) groups excluding carboxylic acids is 1. The number of hydrogen-bond acceptors (Lipinski definition) is 5. The van der Waals surface area contributed by atoms with Crippen LogP contribution in [-0.2, 0) is 10.3 Å². The fourth-order valence-electron chi connectivity index (χ4n) is 1.58. The molecule has 0 unspecified atom stereocenters. The number of carbonyl (C=O) groups is 1. The molecule has 0 atom stereocenters. The molecule has 0 spiro atoms. The molecule has 0 aliphatic rings. The van der Waals surface area contributed by atoms with E-state index in [1.165, 1.54) is 11.8 Å². The highest BCUT2D eigenvalue weighted by Crippen LogP contribution is 2.21. The predicted octanol–water partition coefficient (Wildman–Crippen LogP) is 2.76. The standard InChI is InChI=1S/C13H16IN5OS/c1-13(2,3)19-12(16-17-18-19)21-8-11(20)15-10-6-4-5-9(14)7-10/h4-7H,8H2,1-3H3,(H,15,20). The van der Waals surface area contributed by atoms with Gasteiger partial charge in [-0.3, -0.25) is 4.79 Å². The Morgan fingerprint density at radius 1 is 1.43 bits per heavy atom. The molecule has 0 bridgehead atoms. The first kappa shape index (κ1) is 16.2. The van der Waals surface area contributed by atoms with E-state index >= 15 is 0 Å². The monoisotopic (exact) mass is 417 g/mol. The lowest BCUT2D eigenvalue weighted by atomic mass is 10.1. The molecule has 0 saturated carbocycles. The van der Waals surface area contributed by atoms with Crippen molar-refractivity contribution in [1.29, 1.82) is 0 Å². The number of rotatable bonds is 4. The number of anilines is 1. The summed E-state index contributed by atoms with van der Waals surface area (Å²) in [7, 11) is 0. The van der Waals surface area contributed by atoms with Gasteiger partial charge in [0.25, 0.3) is 0 Å². The van der Waals surface area contributed by atoms with Crippen LogP contribution >= 0.6 is 34.4 Å². The molecule has 21 heavy (non-hydrogen) atoms. The van der Waals surface area contributed by atoms with Crippen molar-refractivity contribution in [2.24, 2.45) is 0 Å². The normalized spacial score (nSPS) is 11.4. The number of hydrogen-bond donors (Lipinski definition) is 1. The van der Waals surface area contributed by atoms with Crippen molar-refractivity contribution < 1.29 is 4.79 Å². The van der Waals surface area contributed by atoms with Crippen molar-refractivity contribution in [1.82, 2.24) is 20.2 Å². The van der Waals surface area contributed by atoms with E-state index in [2.05, 4.69) is 43.4 Å². The number of amides is 1. The lowest BCUT2D eigenvalue weighted by molar-refractivity contribution is -0.113. The van der Waals surface area contributed by atoms with Crippen LogP contribution < -0.4 is 5.32 Å². The highest BCUT2D eigenvalue weighted by atomic mass is 127. The van der Waals surface area contributed by atoms with Crippen LogP contribution in [0, 0.1) is 3.57 Å². The smallest absolute Gasteiger partial charge is 0.234 e. The first-order chi connectivity index (χ1) is 9.86. The molecular formula is C13H16IN5OS. The van der Waals surface area contributed by atoms with Crippen molar-refractivity contribution in [2.45, 2.75) is 31.5 Å². The predicted molar refractivity (Wildman–Crippen MR) is 91.3 cm³/mol. The molecule has 0 aliphatic carbocycles. The van der Waals surface area contributed by atoms with E-state index < -0.39 is 0 Å². The maximum absolute atomic E-state index is 12.0. The molecule has 112 valence electrons. The Hall–Kier alpha value is -1.16. The van der Waals surface area contributed by atoms with Crippen molar-refractivity contribution in [2.75, 3.05) is 11.1 Å². The van der Waals surface area contributed by atoms with Gasteiger partial charge in [0.2, 0.25) is 11.1 Å². The second kappa shape index (κ2) is 6.73. The van der Waals surface area contributed by atoms with Gasteiger partial charge in [-0.1, -0.05) is 17.8 Å².